The van der Waals surface area contributed by atoms with Crippen LogP contribution in [0.5, 0.6) is 0 Å². The van der Waals surface area contributed by atoms with Gasteiger partial charge < -0.3 is 5.32 Å². The Morgan fingerprint density at radius 1 is 1.24 bits per heavy atom. The number of halogens is 2. The lowest BCUT2D eigenvalue weighted by atomic mass is 9.87. The zero-order valence-electron chi connectivity index (χ0n) is 10.2. The van der Waals surface area contributed by atoms with Crippen molar-refractivity contribution in [1.29, 1.82) is 0 Å². The largest absolute Gasteiger partial charge is 0.310 e. The van der Waals surface area contributed by atoms with Gasteiger partial charge in [0.25, 0.3) is 0 Å². The van der Waals surface area contributed by atoms with Crippen LogP contribution in [0.3, 0.4) is 0 Å². The molecule has 0 aliphatic heterocycles. The molecule has 2 atom stereocenters. The Labute approximate surface area is 121 Å². The first-order chi connectivity index (χ1) is 8.15. The van der Waals surface area contributed by atoms with Crippen molar-refractivity contribution in [3.63, 3.8) is 0 Å². The van der Waals surface area contributed by atoms with Crippen LogP contribution in [0.1, 0.15) is 38.2 Å². The molecular weight excluding hydrogens is 342 g/mol. The Balaban J connectivity index is 1.86. The highest BCUT2D eigenvalue weighted by Gasteiger charge is 2.17. The van der Waals surface area contributed by atoms with Gasteiger partial charge in [-0.2, -0.15) is 0 Å². The second kappa shape index (κ2) is 6.35. The summed E-state index contributed by atoms with van der Waals surface area (Å²) in [5, 5.41) is 3.68. The lowest BCUT2D eigenvalue weighted by Crippen LogP contribution is -2.33. The van der Waals surface area contributed by atoms with Gasteiger partial charge in [0.15, 0.2) is 0 Å². The van der Waals surface area contributed by atoms with E-state index in [0.29, 0.717) is 6.04 Å². The van der Waals surface area contributed by atoms with E-state index in [1.165, 1.54) is 31.2 Å². The highest BCUT2D eigenvalue weighted by atomic mass is 79.9. The molecule has 0 aromatic heterocycles. The van der Waals surface area contributed by atoms with Crippen LogP contribution < -0.4 is 5.32 Å². The number of rotatable bonds is 3. The third-order valence-electron chi connectivity index (χ3n) is 3.52. The fourth-order valence-electron chi connectivity index (χ4n) is 2.53. The normalized spacial score (nSPS) is 24.9. The lowest BCUT2D eigenvalue weighted by molar-refractivity contribution is 0.300. The third kappa shape index (κ3) is 4.08. The van der Waals surface area contributed by atoms with E-state index >= 15 is 0 Å². The zero-order valence-corrected chi connectivity index (χ0v) is 13.4. The molecule has 1 aromatic carbocycles. The minimum atomic E-state index is 0.709. The quantitative estimate of drug-likeness (QED) is 0.809. The predicted octanol–water partition coefficient (Wildman–Crippen LogP) is 4.88. The van der Waals surface area contributed by atoms with E-state index in [-0.39, 0.29) is 0 Å². The van der Waals surface area contributed by atoms with Crippen LogP contribution in [0.2, 0.25) is 0 Å². The Bertz CT molecular complexity index is 378. The first-order valence-corrected chi connectivity index (χ1v) is 7.91. The molecule has 1 nitrogen and oxygen atoms in total. The van der Waals surface area contributed by atoms with E-state index < -0.39 is 0 Å². The molecular formula is C14H19Br2N. The van der Waals surface area contributed by atoms with Gasteiger partial charge in [-0.25, -0.2) is 0 Å². The SMILES string of the molecule is CC1CCCC(NCc2ccc(Br)c(Br)c2)C1. The number of benzene rings is 1. The molecule has 1 N–H and O–H groups in total. The lowest BCUT2D eigenvalue weighted by Gasteiger charge is -2.27. The summed E-state index contributed by atoms with van der Waals surface area (Å²) >= 11 is 7.04. The highest BCUT2D eigenvalue weighted by molar-refractivity contribution is 9.13. The summed E-state index contributed by atoms with van der Waals surface area (Å²) in [6.07, 6.45) is 5.45. The molecule has 3 heteroatoms. The number of nitrogens with one attached hydrogen (secondary N) is 1. The van der Waals surface area contributed by atoms with E-state index in [2.05, 4.69) is 62.3 Å². The van der Waals surface area contributed by atoms with Gasteiger partial charge in [0.05, 0.1) is 0 Å². The zero-order chi connectivity index (χ0) is 12.3. The van der Waals surface area contributed by atoms with Crippen LogP contribution in [-0.2, 0) is 6.54 Å². The van der Waals surface area contributed by atoms with Crippen molar-refractivity contribution < 1.29 is 0 Å². The fraction of sp³-hybridized carbons (Fsp3) is 0.571. The Morgan fingerprint density at radius 2 is 2.06 bits per heavy atom. The van der Waals surface area contributed by atoms with Crippen LogP contribution in [0.15, 0.2) is 27.1 Å². The van der Waals surface area contributed by atoms with Gasteiger partial charge >= 0.3 is 0 Å². The van der Waals surface area contributed by atoms with Crippen molar-refractivity contribution >= 4 is 31.9 Å². The standard InChI is InChI=1S/C14H19Br2N/c1-10-3-2-4-12(7-10)17-9-11-5-6-13(15)14(16)8-11/h5-6,8,10,12,17H,2-4,7,9H2,1H3. The van der Waals surface area contributed by atoms with Gasteiger partial charge in [0.2, 0.25) is 0 Å². The molecule has 2 rings (SSSR count). The van der Waals surface area contributed by atoms with E-state index in [0.717, 1.165) is 21.4 Å². The number of hydrogen-bond acceptors (Lipinski definition) is 1. The van der Waals surface area contributed by atoms with Crippen molar-refractivity contribution in [3.8, 4) is 0 Å². The molecule has 1 aliphatic rings. The molecule has 0 heterocycles. The van der Waals surface area contributed by atoms with Crippen LogP contribution in [-0.4, -0.2) is 6.04 Å². The van der Waals surface area contributed by atoms with E-state index in [1.54, 1.807) is 0 Å². The molecule has 1 aliphatic carbocycles. The summed E-state index contributed by atoms with van der Waals surface area (Å²) in [5.41, 5.74) is 1.35. The minimum Gasteiger partial charge on any atom is -0.310 e. The molecule has 0 bridgehead atoms. The molecule has 1 saturated carbocycles. The topological polar surface area (TPSA) is 12.0 Å². The Hall–Kier alpha value is 0.140. The summed E-state index contributed by atoms with van der Waals surface area (Å²) in [4.78, 5) is 0. The number of hydrogen-bond donors (Lipinski definition) is 1. The minimum absolute atomic E-state index is 0.709. The average molecular weight is 361 g/mol. The molecule has 2 unspecified atom stereocenters. The summed E-state index contributed by atoms with van der Waals surface area (Å²) in [7, 11) is 0. The molecule has 0 saturated heterocycles. The summed E-state index contributed by atoms with van der Waals surface area (Å²) in [6, 6.07) is 7.17. The molecule has 1 aromatic rings. The maximum atomic E-state index is 3.68. The molecule has 0 amide bonds. The molecule has 17 heavy (non-hydrogen) atoms. The monoisotopic (exact) mass is 359 g/mol. The fourth-order valence-corrected chi connectivity index (χ4v) is 3.20. The van der Waals surface area contributed by atoms with Crippen molar-refractivity contribution in [2.24, 2.45) is 5.92 Å². The summed E-state index contributed by atoms with van der Waals surface area (Å²) in [6.45, 7) is 3.34. The first kappa shape index (κ1) is 13.6. The van der Waals surface area contributed by atoms with Crippen LogP contribution >= 0.6 is 31.9 Å². The van der Waals surface area contributed by atoms with Crippen molar-refractivity contribution in [2.75, 3.05) is 0 Å². The van der Waals surface area contributed by atoms with Gasteiger partial charge in [-0.1, -0.05) is 25.8 Å². The van der Waals surface area contributed by atoms with Gasteiger partial charge in [-0.05, 0) is 68.3 Å². The second-order valence-electron chi connectivity index (χ2n) is 5.10. The van der Waals surface area contributed by atoms with E-state index in [4.69, 9.17) is 0 Å². The smallest absolute Gasteiger partial charge is 0.0320 e. The molecule has 1 fully saturated rings. The first-order valence-electron chi connectivity index (χ1n) is 6.32. The second-order valence-corrected chi connectivity index (χ2v) is 6.81. The van der Waals surface area contributed by atoms with Gasteiger partial charge in [-0.3, -0.25) is 0 Å². The molecule has 0 spiro atoms. The van der Waals surface area contributed by atoms with E-state index in [9.17, 15) is 0 Å². The average Bonchev–Trinajstić information content (AvgIpc) is 2.31. The van der Waals surface area contributed by atoms with Crippen molar-refractivity contribution in [1.82, 2.24) is 5.32 Å². The third-order valence-corrected chi connectivity index (χ3v) is 5.39. The van der Waals surface area contributed by atoms with Gasteiger partial charge in [-0.15, -0.1) is 0 Å². The van der Waals surface area contributed by atoms with Crippen molar-refractivity contribution in [2.45, 2.75) is 45.2 Å². The van der Waals surface area contributed by atoms with Gasteiger partial charge in [0.1, 0.15) is 0 Å². The summed E-state index contributed by atoms with van der Waals surface area (Å²) < 4.78 is 2.25. The molecule has 0 radical (unpaired) electrons. The molecule has 94 valence electrons. The van der Waals surface area contributed by atoms with Crippen molar-refractivity contribution in [3.05, 3.63) is 32.7 Å². The maximum Gasteiger partial charge on any atom is 0.0320 e. The predicted molar refractivity (Wildman–Crippen MR) is 80.1 cm³/mol. The van der Waals surface area contributed by atoms with Crippen LogP contribution in [0.4, 0.5) is 0 Å². The van der Waals surface area contributed by atoms with Crippen LogP contribution in [0.25, 0.3) is 0 Å². The van der Waals surface area contributed by atoms with Gasteiger partial charge in [0, 0.05) is 21.5 Å². The maximum absolute atomic E-state index is 3.68. The highest BCUT2D eigenvalue weighted by Crippen LogP contribution is 2.25. The Kier molecular flexibility index (Phi) is 5.07. The summed E-state index contributed by atoms with van der Waals surface area (Å²) in [5.74, 6) is 0.887. The van der Waals surface area contributed by atoms with Crippen LogP contribution in [0, 0.1) is 5.92 Å². The van der Waals surface area contributed by atoms with E-state index in [1.807, 2.05) is 0 Å². The Morgan fingerprint density at radius 3 is 2.76 bits per heavy atom.